The van der Waals surface area contributed by atoms with Gasteiger partial charge in [-0.05, 0) is 5.56 Å². The predicted octanol–water partition coefficient (Wildman–Crippen LogP) is 2.07. The topological polar surface area (TPSA) is 88.5 Å². The number of hydrogen-bond acceptors (Lipinski definition) is 5. The monoisotopic (exact) mass is 306 g/mol. The molecular formula is C14H14N2O4S. The van der Waals surface area contributed by atoms with Crippen molar-refractivity contribution in [2.45, 2.75) is 19.1 Å². The van der Waals surface area contributed by atoms with E-state index in [1.165, 1.54) is 11.3 Å². The lowest BCUT2D eigenvalue weighted by atomic mass is 10.2. The van der Waals surface area contributed by atoms with Crippen LogP contribution >= 0.6 is 11.3 Å². The molecule has 0 aliphatic rings. The second-order valence-electron chi connectivity index (χ2n) is 4.27. The molecular weight excluding hydrogens is 292 g/mol. The molecule has 0 radical (unpaired) electrons. The third kappa shape index (κ3) is 4.88. The Morgan fingerprint density at radius 1 is 1.33 bits per heavy atom. The molecule has 1 aromatic heterocycles. The minimum atomic E-state index is -1.11. The largest absolute Gasteiger partial charge is 0.480 e. The van der Waals surface area contributed by atoms with E-state index in [9.17, 15) is 9.59 Å². The van der Waals surface area contributed by atoms with Gasteiger partial charge in [0.15, 0.2) is 0 Å². The van der Waals surface area contributed by atoms with Gasteiger partial charge < -0.3 is 15.2 Å². The Kier molecular flexibility index (Phi) is 5.28. The van der Waals surface area contributed by atoms with Crippen LogP contribution in [0.15, 0.2) is 42.0 Å². The molecule has 0 aliphatic carbocycles. The van der Waals surface area contributed by atoms with E-state index in [4.69, 9.17) is 9.84 Å². The van der Waals surface area contributed by atoms with Crippen molar-refractivity contribution in [3.8, 4) is 0 Å². The number of carbonyl (C=O) groups excluding carboxylic acids is 1. The molecule has 2 rings (SSSR count). The number of rotatable bonds is 6. The molecule has 0 bridgehead atoms. The van der Waals surface area contributed by atoms with Crippen LogP contribution in [0.2, 0.25) is 0 Å². The number of carbonyl (C=O) groups is 2. The fourth-order valence-electron chi connectivity index (χ4n) is 1.65. The standard InChI is InChI=1S/C14H14N2O4S/c17-13(18)12(6-11-7-15-9-21-11)16-14(19)20-8-10-4-2-1-3-5-10/h1-5,7,9,12H,6,8H2,(H,16,19)(H,17,18)/t12-/m1/s1. The third-order valence-corrected chi connectivity index (χ3v) is 3.49. The van der Waals surface area contributed by atoms with E-state index in [-0.39, 0.29) is 13.0 Å². The Balaban J connectivity index is 1.85. The molecule has 110 valence electrons. The van der Waals surface area contributed by atoms with Crippen LogP contribution in [0.25, 0.3) is 0 Å². The first kappa shape index (κ1) is 15.0. The summed E-state index contributed by atoms with van der Waals surface area (Å²) < 4.78 is 5.00. The van der Waals surface area contributed by atoms with Gasteiger partial charge in [0, 0.05) is 17.5 Å². The van der Waals surface area contributed by atoms with Gasteiger partial charge in [-0.15, -0.1) is 11.3 Å². The minimum absolute atomic E-state index is 0.0968. The zero-order valence-corrected chi connectivity index (χ0v) is 11.9. The van der Waals surface area contributed by atoms with E-state index in [1.54, 1.807) is 11.7 Å². The van der Waals surface area contributed by atoms with Crippen LogP contribution in [0.1, 0.15) is 10.4 Å². The number of carboxylic acid groups (broad SMARTS) is 1. The van der Waals surface area contributed by atoms with Crippen LogP contribution in [0.4, 0.5) is 4.79 Å². The average Bonchev–Trinajstić information content (AvgIpc) is 2.98. The lowest BCUT2D eigenvalue weighted by Crippen LogP contribution is -2.42. The maximum absolute atomic E-state index is 11.7. The summed E-state index contributed by atoms with van der Waals surface area (Å²) >= 11 is 1.34. The molecule has 1 aromatic carbocycles. The van der Waals surface area contributed by atoms with Gasteiger partial charge in [0.05, 0.1) is 5.51 Å². The fourth-order valence-corrected chi connectivity index (χ4v) is 2.29. The van der Waals surface area contributed by atoms with Crippen molar-refractivity contribution in [1.82, 2.24) is 10.3 Å². The number of amides is 1. The predicted molar refractivity (Wildman–Crippen MR) is 77.0 cm³/mol. The fraction of sp³-hybridized carbons (Fsp3) is 0.214. The van der Waals surface area contributed by atoms with E-state index in [2.05, 4.69) is 10.3 Å². The van der Waals surface area contributed by atoms with Crippen molar-refractivity contribution >= 4 is 23.4 Å². The summed E-state index contributed by atoms with van der Waals surface area (Å²) in [6.45, 7) is 0.0968. The van der Waals surface area contributed by atoms with E-state index in [1.807, 2.05) is 30.3 Å². The molecule has 7 heteroatoms. The molecule has 6 nitrogen and oxygen atoms in total. The molecule has 0 unspecified atom stereocenters. The maximum Gasteiger partial charge on any atom is 0.408 e. The normalized spacial score (nSPS) is 11.6. The van der Waals surface area contributed by atoms with Crippen molar-refractivity contribution < 1.29 is 19.4 Å². The molecule has 1 heterocycles. The number of nitrogens with zero attached hydrogens (tertiary/aromatic N) is 1. The Morgan fingerprint density at radius 2 is 2.10 bits per heavy atom. The molecule has 21 heavy (non-hydrogen) atoms. The Morgan fingerprint density at radius 3 is 2.71 bits per heavy atom. The Bertz CT molecular complexity index is 586. The summed E-state index contributed by atoms with van der Waals surface area (Å²) in [5, 5.41) is 11.5. The van der Waals surface area contributed by atoms with Crippen molar-refractivity contribution in [3.05, 3.63) is 52.5 Å². The van der Waals surface area contributed by atoms with Gasteiger partial charge in [-0.1, -0.05) is 30.3 Å². The highest BCUT2D eigenvalue weighted by molar-refractivity contribution is 7.09. The molecule has 0 spiro atoms. The highest BCUT2D eigenvalue weighted by atomic mass is 32.1. The van der Waals surface area contributed by atoms with Crippen molar-refractivity contribution in [2.75, 3.05) is 0 Å². The van der Waals surface area contributed by atoms with Crippen molar-refractivity contribution in [3.63, 3.8) is 0 Å². The van der Waals surface area contributed by atoms with Crippen LogP contribution in [0.5, 0.6) is 0 Å². The molecule has 2 aromatic rings. The molecule has 0 saturated carbocycles. The van der Waals surface area contributed by atoms with Crippen LogP contribution in [0, 0.1) is 0 Å². The van der Waals surface area contributed by atoms with Gasteiger partial charge in [0.25, 0.3) is 0 Å². The number of carboxylic acids is 1. The molecule has 0 fully saturated rings. The first-order valence-electron chi connectivity index (χ1n) is 6.22. The van der Waals surface area contributed by atoms with Crippen LogP contribution in [0.3, 0.4) is 0 Å². The number of hydrogen-bond donors (Lipinski definition) is 2. The second kappa shape index (κ2) is 7.39. The van der Waals surface area contributed by atoms with E-state index < -0.39 is 18.1 Å². The lowest BCUT2D eigenvalue weighted by molar-refractivity contribution is -0.139. The highest BCUT2D eigenvalue weighted by Gasteiger charge is 2.21. The van der Waals surface area contributed by atoms with Gasteiger partial charge in [0.1, 0.15) is 12.6 Å². The van der Waals surface area contributed by atoms with E-state index in [0.717, 1.165) is 10.4 Å². The number of nitrogens with one attached hydrogen (secondary N) is 1. The van der Waals surface area contributed by atoms with E-state index >= 15 is 0 Å². The zero-order valence-electron chi connectivity index (χ0n) is 11.1. The minimum Gasteiger partial charge on any atom is -0.480 e. The lowest BCUT2D eigenvalue weighted by Gasteiger charge is -2.13. The van der Waals surface area contributed by atoms with Crippen LogP contribution in [-0.2, 0) is 22.6 Å². The number of alkyl carbamates (subject to hydrolysis) is 1. The van der Waals surface area contributed by atoms with E-state index in [0.29, 0.717) is 0 Å². The average molecular weight is 306 g/mol. The third-order valence-electron chi connectivity index (χ3n) is 2.69. The van der Waals surface area contributed by atoms with Crippen LogP contribution < -0.4 is 5.32 Å². The second-order valence-corrected chi connectivity index (χ2v) is 5.24. The number of ether oxygens (including phenoxy) is 1. The van der Waals surface area contributed by atoms with Gasteiger partial charge in [0.2, 0.25) is 0 Å². The van der Waals surface area contributed by atoms with Crippen molar-refractivity contribution in [2.24, 2.45) is 0 Å². The number of benzene rings is 1. The summed E-state index contributed by atoms with van der Waals surface area (Å²) in [6, 6.07) is 8.13. The van der Waals surface area contributed by atoms with Gasteiger partial charge in [-0.25, -0.2) is 9.59 Å². The quantitative estimate of drug-likeness (QED) is 0.853. The highest BCUT2D eigenvalue weighted by Crippen LogP contribution is 2.09. The Hall–Kier alpha value is -2.41. The first-order chi connectivity index (χ1) is 10.1. The number of aromatic nitrogens is 1. The van der Waals surface area contributed by atoms with Gasteiger partial charge in [-0.2, -0.15) is 0 Å². The molecule has 0 aliphatic heterocycles. The summed E-state index contributed by atoms with van der Waals surface area (Å²) in [7, 11) is 0. The first-order valence-corrected chi connectivity index (χ1v) is 7.10. The molecule has 1 atom stereocenters. The Labute approximate surface area is 125 Å². The van der Waals surface area contributed by atoms with Gasteiger partial charge >= 0.3 is 12.1 Å². The summed E-state index contributed by atoms with van der Waals surface area (Å²) in [6.07, 6.45) is 1.01. The van der Waals surface area contributed by atoms with Crippen molar-refractivity contribution in [1.29, 1.82) is 0 Å². The summed E-state index contributed by atoms with van der Waals surface area (Å²) in [4.78, 5) is 27.5. The SMILES string of the molecule is O=C(N[C@H](Cc1cncs1)C(=O)O)OCc1ccccc1. The zero-order chi connectivity index (χ0) is 15.1. The molecule has 1 amide bonds. The summed E-state index contributed by atoms with van der Waals surface area (Å²) in [5.41, 5.74) is 2.45. The number of thiazole rings is 1. The van der Waals surface area contributed by atoms with Gasteiger partial charge in [-0.3, -0.25) is 4.98 Å². The molecule has 2 N–H and O–H groups in total. The van der Waals surface area contributed by atoms with Crippen LogP contribution in [-0.4, -0.2) is 28.2 Å². The maximum atomic E-state index is 11.7. The number of aliphatic carboxylic acids is 1. The molecule has 0 saturated heterocycles. The smallest absolute Gasteiger partial charge is 0.408 e. The summed E-state index contributed by atoms with van der Waals surface area (Å²) in [5.74, 6) is -1.11.